The number of hydrogen-bond donors (Lipinski definition) is 2. The van der Waals surface area contributed by atoms with Gasteiger partial charge in [0.15, 0.2) is 17.5 Å². The van der Waals surface area contributed by atoms with E-state index in [9.17, 15) is 18.0 Å². The van der Waals surface area contributed by atoms with Crippen molar-refractivity contribution in [2.24, 2.45) is 0 Å². The average molecular weight is 284 g/mol. The zero-order valence-electron chi connectivity index (χ0n) is 10.7. The van der Waals surface area contributed by atoms with E-state index in [1.807, 2.05) is 13.8 Å². The second-order valence-electron chi connectivity index (χ2n) is 4.38. The molecule has 0 aliphatic rings. The summed E-state index contributed by atoms with van der Waals surface area (Å²) in [7, 11) is 0. The average Bonchev–Trinajstić information content (AvgIpc) is 2.89. The first-order valence-corrected chi connectivity index (χ1v) is 5.77. The smallest absolute Gasteiger partial charge is 0.295 e. The van der Waals surface area contributed by atoms with Crippen LogP contribution >= 0.6 is 0 Å². The molecule has 0 aliphatic heterocycles. The molecule has 0 aliphatic carbocycles. The van der Waals surface area contributed by atoms with E-state index in [0.29, 0.717) is 11.9 Å². The molecule has 0 fully saturated rings. The molecule has 0 saturated heterocycles. The molecule has 0 unspecified atom stereocenters. The molecule has 2 aromatic rings. The van der Waals surface area contributed by atoms with Crippen molar-refractivity contribution >= 4 is 11.6 Å². The zero-order chi connectivity index (χ0) is 14.9. The van der Waals surface area contributed by atoms with Crippen molar-refractivity contribution in [3.63, 3.8) is 0 Å². The van der Waals surface area contributed by atoms with E-state index < -0.39 is 29.0 Å². The van der Waals surface area contributed by atoms with Gasteiger partial charge < -0.3 is 5.32 Å². The van der Waals surface area contributed by atoms with Crippen LogP contribution < -0.4 is 5.32 Å². The third-order valence-electron chi connectivity index (χ3n) is 2.54. The van der Waals surface area contributed by atoms with Crippen LogP contribution in [0.4, 0.5) is 18.9 Å². The Morgan fingerprint density at radius 3 is 2.55 bits per heavy atom. The van der Waals surface area contributed by atoms with Gasteiger partial charge in [-0.25, -0.2) is 18.2 Å². The minimum absolute atomic E-state index is 0.0315. The van der Waals surface area contributed by atoms with Crippen LogP contribution in [0.2, 0.25) is 0 Å². The highest BCUT2D eigenvalue weighted by molar-refractivity contribution is 6.01. The highest BCUT2D eigenvalue weighted by atomic mass is 19.2. The van der Waals surface area contributed by atoms with E-state index in [1.165, 1.54) is 0 Å². The van der Waals surface area contributed by atoms with Gasteiger partial charge in [-0.05, 0) is 12.1 Å². The van der Waals surface area contributed by atoms with Crippen molar-refractivity contribution in [2.75, 3.05) is 5.32 Å². The van der Waals surface area contributed by atoms with Crippen LogP contribution in [0.25, 0.3) is 0 Å². The highest BCUT2D eigenvalue weighted by Gasteiger charge is 2.18. The van der Waals surface area contributed by atoms with E-state index >= 15 is 0 Å². The van der Waals surface area contributed by atoms with Crippen LogP contribution in [0.5, 0.6) is 0 Å². The third-order valence-corrected chi connectivity index (χ3v) is 2.54. The number of benzene rings is 1. The lowest BCUT2D eigenvalue weighted by molar-refractivity contribution is 0.101. The number of halogens is 3. The molecule has 0 spiro atoms. The maximum atomic E-state index is 13.4. The molecule has 1 aromatic carbocycles. The van der Waals surface area contributed by atoms with Gasteiger partial charge in [0.2, 0.25) is 5.82 Å². The van der Waals surface area contributed by atoms with E-state index in [1.54, 1.807) is 0 Å². The summed E-state index contributed by atoms with van der Waals surface area (Å²) in [5.41, 5.74) is -0.482. The predicted octanol–water partition coefficient (Wildman–Crippen LogP) is 2.60. The van der Waals surface area contributed by atoms with Crippen molar-refractivity contribution in [2.45, 2.75) is 19.8 Å². The molecule has 0 radical (unpaired) electrons. The summed E-state index contributed by atoms with van der Waals surface area (Å²) in [5.74, 6) is -4.97. The molecule has 0 bridgehead atoms. The lowest BCUT2D eigenvalue weighted by Crippen LogP contribution is -2.15. The standard InChI is InChI=1S/C12H11F3N4O/c1-5(2)10-17-11(19-18-10)12(20)16-7-4-3-6(13)8(14)9(7)15/h3-5H,1-2H3,(H,16,20)(H,17,18,19). The van der Waals surface area contributed by atoms with Crippen LogP contribution in [0.1, 0.15) is 36.2 Å². The van der Waals surface area contributed by atoms with E-state index in [-0.39, 0.29) is 11.7 Å². The summed E-state index contributed by atoms with van der Waals surface area (Å²) in [6, 6.07) is 1.63. The number of aromatic nitrogens is 3. The number of anilines is 1. The fourth-order valence-electron chi connectivity index (χ4n) is 1.43. The minimum atomic E-state index is -1.65. The molecule has 1 aromatic heterocycles. The first-order chi connectivity index (χ1) is 9.40. The van der Waals surface area contributed by atoms with Gasteiger partial charge >= 0.3 is 0 Å². The van der Waals surface area contributed by atoms with Crippen LogP contribution in [0.15, 0.2) is 12.1 Å². The molecule has 5 nitrogen and oxygen atoms in total. The normalized spacial score (nSPS) is 10.9. The fraction of sp³-hybridized carbons (Fsp3) is 0.250. The van der Waals surface area contributed by atoms with Gasteiger partial charge in [0.1, 0.15) is 5.82 Å². The van der Waals surface area contributed by atoms with Gasteiger partial charge in [-0.15, -0.1) is 5.10 Å². The Hall–Kier alpha value is -2.38. The van der Waals surface area contributed by atoms with Crippen molar-refractivity contribution in [1.29, 1.82) is 0 Å². The fourth-order valence-corrected chi connectivity index (χ4v) is 1.43. The van der Waals surface area contributed by atoms with Gasteiger partial charge in [-0.1, -0.05) is 13.8 Å². The zero-order valence-corrected chi connectivity index (χ0v) is 10.7. The minimum Gasteiger partial charge on any atom is -0.317 e. The molecule has 8 heteroatoms. The van der Waals surface area contributed by atoms with Crippen molar-refractivity contribution in [3.8, 4) is 0 Å². The number of nitrogens with one attached hydrogen (secondary N) is 2. The molecule has 0 saturated carbocycles. The summed E-state index contributed by atoms with van der Waals surface area (Å²) in [4.78, 5) is 15.7. The summed E-state index contributed by atoms with van der Waals surface area (Å²) in [6.07, 6.45) is 0. The van der Waals surface area contributed by atoms with Gasteiger partial charge in [-0.3, -0.25) is 9.89 Å². The molecule has 0 atom stereocenters. The lowest BCUT2D eigenvalue weighted by Gasteiger charge is -2.05. The number of rotatable bonds is 3. The number of amides is 1. The molecular formula is C12H11F3N4O. The van der Waals surface area contributed by atoms with Crippen LogP contribution in [0.3, 0.4) is 0 Å². The quantitative estimate of drug-likeness (QED) is 0.851. The summed E-state index contributed by atoms with van der Waals surface area (Å²) < 4.78 is 39.2. The SMILES string of the molecule is CC(C)c1nc(C(=O)Nc2ccc(F)c(F)c2F)n[nH]1. The number of nitrogens with zero attached hydrogens (tertiary/aromatic N) is 2. The number of aromatic amines is 1. The summed E-state index contributed by atoms with van der Waals surface area (Å²) in [5, 5.41) is 8.30. The first kappa shape index (κ1) is 14.0. The Balaban J connectivity index is 2.21. The maximum absolute atomic E-state index is 13.4. The Bertz CT molecular complexity index is 654. The van der Waals surface area contributed by atoms with E-state index in [4.69, 9.17) is 0 Å². The number of H-pyrrole nitrogens is 1. The largest absolute Gasteiger partial charge is 0.317 e. The van der Waals surface area contributed by atoms with Crippen LogP contribution in [0, 0.1) is 17.5 Å². The number of hydrogen-bond acceptors (Lipinski definition) is 3. The summed E-state index contributed by atoms with van der Waals surface area (Å²) >= 11 is 0. The molecular weight excluding hydrogens is 273 g/mol. The van der Waals surface area contributed by atoms with Crippen LogP contribution in [-0.2, 0) is 0 Å². The molecule has 2 rings (SSSR count). The van der Waals surface area contributed by atoms with Gasteiger partial charge in [0.05, 0.1) is 5.69 Å². The van der Waals surface area contributed by atoms with Gasteiger partial charge in [0.25, 0.3) is 5.91 Å². The predicted molar refractivity (Wildman–Crippen MR) is 64.7 cm³/mol. The maximum Gasteiger partial charge on any atom is 0.295 e. The number of carbonyl (C=O) groups is 1. The Morgan fingerprint density at radius 1 is 1.25 bits per heavy atom. The Morgan fingerprint density at radius 2 is 1.95 bits per heavy atom. The van der Waals surface area contributed by atoms with Crippen molar-refractivity contribution < 1.29 is 18.0 Å². The molecule has 1 heterocycles. The Kier molecular flexibility index (Phi) is 3.73. The topological polar surface area (TPSA) is 70.7 Å². The molecule has 106 valence electrons. The lowest BCUT2D eigenvalue weighted by atomic mass is 10.2. The Labute approximate surface area is 112 Å². The molecule has 20 heavy (non-hydrogen) atoms. The van der Waals surface area contributed by atoms with Crippen molar-refractivity contribution in [1.82, 2.24) is 15.2 Å². The van der Waals surface area contributed by atoms with Gasteiger partial charge in [0, 0.05) is 5.92 Å². The van der Waals surface area contributed by atoms with Crippen molar-refractivity contribution in [3.05, 3.63) is 41.2 Å². The van der Waals surface area contributed by atoms with E-state index in [0.717, 1.165) is 6.07 Å². The monoisotopic (exact) mass is 284 g/mol. The third kappa shape index (κ3) is 2.63. The summed E-state index contributed by atoms with van der Waals surface area (Å²) in [6.45, 7) is 3.69. The second kappa shape index (κ2) is 5.32. The second-order valence-corrected chi connectivity index (χ2v) is 4.38. The van der Waals surface area contributed by atoms with Gasteiger partial charge in [-0.2, -0.15) is 0 Å². The number of carbonyl (C=O) groups excluding carboxylic acids is 1. The van der Waals surface area contributed by atoms with E-state index in [2.05, 4.69) is 20.5 Å². The molecule has 2 N–H and O–H groups in total. The van der Waals surface area contributed by atoms with Crippen LogP contribution in [-0.4, -0.2) is 21.1 Å². The molecule has 1 amide bonds. The first-order valence-electron chi connectivity index (χ1n) is 5.77. The highest BCUT2D eigenvalue weighted by Crippen LogP contribution is 2.20.